The number of aryl methyl sites for hydroxylation is 1. The molecular weight excluding hydrogens is 224 g/mol. The van der Waals surface area contributed by atoms with E-state index in [4.69, 9.17) is 4.74 Å². The second-order valence-corrected chi connectivity index (χ2v) is 6.40. The number of ether oxygens (including phenoxy) is 1. The number of sulfone groups is 1. The van der Waals surface area contributed by atoms with Gasteiger partial charge in [-0.2, -0.15) is 0 Å². The van der Waals surface area contributed by atoms with Crippen LogP contribution in [0.4, 0.5) is 0 Å². The molecule has 0 saturated carbocycles. The summed E-state index contributed by atoms with van der Waals surface area (Å²) in [6.07, 6.45) is 1.10. The first kappa shape index (κ1) is 11.6. The van der Waals surface area contributed by atoms with E-state index in [2.05, 4.69) is 0 Å². The van der Waals surface area contributed by atoms with Crippen LogP contribution in [0, 0.1) is 6.92 Å². The highest BCUT2D eigenvalue weighted by Crippen LogP contribution is 2.39. The van der Waals surface area contributed by atoms with Crippen molar-refractivity contribution in [3.63, 3.8) is 0 Å². The molecule has 0 amide bonds. The molecule has 1 unspecified atom stereocenters. The number of hydrogen-bond acceptors (Lipinski definition) is 3. The third-order valence-corrected chi connectivity index (χ3v) is 5.69. The lowest BCUT2D eigenvalue weighted by atomic mass is 10.1. The fraction of sp³-hybridized carbons (Fsp3) is 0.500. The topological polar surface area (TPSA) is 43.4 Å². The molecule has 0 aliphatic carbocycles. The maximum absolute atomic E-state index is 12.4. The molecule has 0 radical (unpaired) electrons. The molecule has 2 rings (SSSR count). The van der Waals surface area contributed by atoms with Crippen LogP contribution in [-0.4, -0.2) is 20.0 Å². The van der Waals surface area contributed by atoms with Crippen LogP contribution in [-0.2, 0) is 14.6 Å². The van der Waals surface area contributed by atoms with Gasteiger partial charge in [0, 0.05) is 6.42 Å². The summed E-state index contributed by atoms with van der Waals surface area (Å²) in [4.78, 5) is -0.609. The molecule has 1 fully saturated rings. The summed E-state index contributed by atoms with van der Waals surface area (Å²) in [5, 5.41) is 0. The molecular formula is C12H16O3S. The van der Waals surface area contributed by atoms with Crippen LogP contribution in [0.3, 0.4) is 0 Å². The maximum atomic E-state index is 12.4. The molecule has 1 aromatic rings. The van der Waals surface area contributed by atoms with Crippen LogP contribution >= 0.6 is 0 Å². The summed E-state index contributed by atoms with van der Waals surface area (Å²) < 4.78 is 30.0. The van der Waals surface area contributed by atoms with Gasteiger partial charge >= 0.3 is 0 Å². The summed E-state index contributed by atoms with van der Waals surface area (Å²) in [7, 11) is -3.35. The monoisotopic (exact) mass is 240 g/mol. The maximum Gasteiger partial charge on any atom is 0.208 e. The smallest absolute Gasteiger partial charge is 0.208 e. The zero-order valence-corrected chi connectivity index (χ0v) is 10.4. The zero-order chi connectivity index (χ0) is 11.8. The van der Waals surface area contributed by atoms with E-state index in [-0.39, 0.29) is 0 Å². The Morgan fingerprint density at radius 3 is 2.25 bits per heavy atom. The van der Waals surface area contributed by atoms with Crippen LogP contribution in [0.25, 0.3) is 0 Å². The molecule has 0 spiro atoms. The second-order valence-electron chi connectivity index (χ2n) is 4.18. The van der Waals surface area contributed by atoms with Crippen LogP contribution in [0.2, 0.25) is 0 Å². The van der Waals surface area contributed by atoms with E-state index < -0.39 is 14.8 Å². The first-order chi connectivity index (χ1) is 7.52. The van der Waals surface area contributed by atoms with Gasteiger partial charge in [0.25, 0.3) is 0 Å². The summed E-state index contributed by atoms with van der Waals surface area (Å²) in [5.74, 6) is 0. The first-order valence-corrected chi connectivity index (χ1v) is 6.95. The lowest BCUT2D eigenvalue weighted by Crippen LogP contribution is -2.49. The van der Waals surface area contributed by atoms with Gasteiger partial charge in [-0.05, 0) is 25.5 Å². The molecule has 4 heteroatoms. The summed E-state index contributed by atoms with van der Waals surface area (Å²) in [5.41, 5.74) is 1.05. The van der Waals surface area contributed by atoms with Crippen molar-refractivity contribution in [3.05, 3.63) is 29.8 Å². The van der Waals surface area contributed by atoms with Crippen LogP contribution in [0.5, 0.6) is 0 Å². The minimum absolute atomic E-state index is 0.361. The lowest BCUT2D eigenvalue weighted by molar-refractivity contribution is -0.0870. The van der Waals surface area contributed by atoms with Gasteiger partial charge in [0.15, 0.2) is 4.93 Å². The highest BCUT2D eigenvalue weighted by Gasteiger charge is 2.49. The van der Waals surface area contributed by atoms with Crippen molar-refractivity contribution in [2.75, 3.05) is 6.61 Å². The fourth-order valence-corrected chi connectivity index (χ4v) is 3.84. The van der Waals surface area contributed by atoms with E-state index in [0.717, 1.165) is 5.56 Å². The second kappa shape index (κ2) is 3.86. The predicted molar refractivity (Wildman–Crippen MR) is 62.0 cm³/mol. The van der Waals surface area contributed by atoms with Gasteiger partial charge in [-0.15, -0.1) is 0 Å². The zero-order valence-electron chi connectivity index (χ0n) is 9.56. The quantitative estimate of drug-likeness (QED) is 0.814. The Hall–Kier alpha value is -0.870. The summed E-state index contributed by atoms with van der Waals surface area (Å²) in [6, 6.07) is 6.94. The predicted octanol–water partition coefficient (Wildman–Crippen LogP) is 2.30. The first-order valence-electron chi connectivity index (χ1n) is 5.47. The normalized spacial score (nSPS) is 25.1. The van der Waals surface area contributed by atoms with Gasteiger partial charge in [0.05, 0.1) is 11.5 Å². The number of hydrogen-bond donors (Lipinski definition) is 0. The number of rotatable bonds is 3. The average molecular weight is 240 g/mol. The minimum Gasteiger partial charge on any atom is -0.358 e. The molecule has 88 valence electrons. The summed E-state index contributed by atoms with van der Waals surface area (Å²) in [6.45, 7) is 4.33. The SMILES string of the molecule is CCC1(S(=O)(=O)c2ccc(C)cc2)CCO1. The Labute approximate surface area is 96.4 Å². The fourth-order valence-electron chi connectivity index (χ4n) is 1.94. The van der Waals surface area contributed by atoms with Crippen LogP contribution in [0.15, 0.2) is 29.2 Å². The molecule has 1 aliphatic rings. The van der Waals surface area contributed by atoms with Crippen LogP contribution < -0.4 is 0 Å². The van der Waals surface area contributed by atoms with E-state index in [0.29, 0.717) is 24.3 Å². The van der Waals surface area contributed by atoms with Crippen molar-refractivity contribution in [1.82, 2.24) is 0 Å². The molecule has 1 heterocycles. The van der Waals surface area contributed by atoms with Gasteiger partial charge < -0.3 is 4.74 Å². The lowest BCUT2D eigenvalue weighted by Gasteiger charge is -2.40. The van der Waals surface area contributed by atoms with E-state index >= 15 is 0 Å². The average Bonchev–Trinajstić information content (AvgIpc) is 2.17. The molecule has 16 heavy (non-hydrogen) atoms. The molecule has 3 nitrogen and oxygen atoms in total. The van der Waals surface area contributed by atoms with Crippen molar-refractivity contribution >= 4 is 9.84 Å². The molecule has 1 aliphatic heterocycles. The Bertz CT molecular complexity index is 464. The van der Waals surface area contributed by atoms with Gasteiger partial charge in [-0.1, -0.05) is 24.6 Å². The van der Waals surface area contributed by atoms with Crippen molar-refractivity contribution in [3.8, 4) is 0 Å². The third kappa shape index (κ3) is 1.57. The Balaban J connectivity index is 2.42. The van der Waals surface area contributed by atoms with Crippen molar-refractivity contribution in [2.45, 2.75) is 36.5 Å². The number of benzene rings is 1. The molecule has 0 bridgehead atoms. The van der Waals surface area contributed by atoms with E-state index in [1.807, 2.05) is 26.0 Å². The molecule has 0 N–H and O–H groups in total. The van der Waals surface area contributed by atoms with Crippen LogP contribution in [0.1, 0.15) is 25.3 Å². The highest BCUT2D eigenvalue weighted by molar-refractivity contribution is 7.92. The largest absolute Gasteiger partial charge is 0.358 e. The van der Waals surface area contributed by atoms with Crippen molar-refractivity contribution in [2.24, 2.45) is 0 Å². The molecule has 1 aromatic carbocycles. The summed E-state index contributed by atoms with van der Waals surface area (Å²) >= 11 is 0. The van der Waals surface area contributed by atoms with E-state index in [1.54, 1.807) is 12.1 Å². The van der Waals surface area contributed by atoms with Gasteiger partial charge in [0.2, 0.25) is 9.84 Å². The molecule has 1 saturated heterocycles. The Morgan fingerprint density at radius 2 is 1.88 bits per heavy atom. The van der Waals surface area contributed by atoms with Gasteiger partial charge in [-0.25, -0.2) is 8.42 Å². The van der Waals surface area contributed by atoms with Gasteiger partial charge in [0.1, 0.15) is 0 Å². The highest BCUT2D eigenvalue weighted by atomic mass is 32.2. The third-order valence-electron chi connectivity index (χ3n) is 3.21. The molecule has 0 aromatic heterocycles. The Morgan fingerprint density at radius 1 is 1.31 bits per heavy atom. The van der Waals surface area contributed by atoms with Crippen molar-refractivity contribution in [1.29, 1.82) is 0 Å². The Kier molecular flexibility index (Phi) is 2.80. The van der Waals surface area contributed by atoms with E-state index in [9.17, 15) is 8.42 Å². The molecule has 1 atom stereocenters. The van der Waals surface area contributed by atoms with Gasteiger partial charge in [-0.3, -0.25) is 0 Å². The minimum atomic E-state index is -3.35. The van der Waals surface area contributed by atoms with Crippen molar-refractivity contribution < 1.29 is 13.2 Å². The van der Waals surface area contributed by atoms with E-state index in [1.165, 1.54) is 0 Å². The standard InChI is InChI=1S/C12H16O3S/c1-3-12(8-9-15-12)16(13,14)11-6-4-10(2)5-7-11/h4-7H,3,8-9H2,1-2H3.